The summed E-state index contributed by atoms with van der Waals surface area (Å²) in [7, 11) is 0. The molecule has 0 fully saturated rings. The molecule has 0 heteroatoms. The third-order valence-electron chi connectivity index (χ3n) is 13.3. The van der Waals surface area contributed by atoms with Crippen molar-refractivity contribution in [2.45, 2.75) is 66.7 Å². The molecule has 0 N–H and O–H groups in total. The Bertz CT molecular complexity index is 3250. The molecule has 0 spiro atoms. The van der Waals surface area contributed by atoms with Crippen molar-refractivity contribution in [3.63, 3.8) is 0 Å². The minimum atomic E-state index is 0.308. The van der Waals surface area contributed by atoms with E-state index >= 15 is 0 Å². The first kappa shape index (κ1) is 41.6. The average Bonchev–Trinajstić information content (AvgIpc) is 3.36. The fourth-order valence-electron chi connectivity index (χ4n) is 10.6. The molecule has 9 aromatic rings. The Balaban J connectivity index is 0.00000123. The predicted octanol–water partition coefficient (Wildman–Crippen LogP) is 16.7. The van der Waals surface area contributed by atoms with Crippen molar-refractivity contribution in [3.8, 4) is 33.4 Å². The summed E-state index contributed by atoms with van der Waals surface area (Å²) in [6.07, 6.45) is 8.08. The maximum absolute atomic E-state index is 2.50. The Morgan fingerprint density at radius 3 is 1.52 bits per heavy atom. The quantitative estimate of drug-likeness (QED) is 0.157. The summed E-state index contributed by atoms with van der Waals surface area (Å²) < 4.78 is 0. The minimum Gasteiger partial charge on any atom is -0.0757 e. The van der Waals surface area contributed by atoms with Crippen LogP contribution in [0.1, 0.15) is 89.0 Å². The van der Waals surface area contributed by atoms with Gasteiger partial charge in [0.2, 0.25) is 0 Å². The summed E-state index contributed by atoms with van der Waals surface area (Å²) in [5.41, 5.74) is 16.2. The number of benzene rings is 9. The van der Waals surface area contributed by atoms with E-state index in [-0.39, 0.29) is 0 Å². The van der Waals surface area contributed by atoms with Gasteiger partial charge in [-0.1, -0.05) is 217 Å². The van der Waals surface area contributed by atoms with Crippen molar-refractivity contribution in [2.24, 2.45) is 5.92 Å². The van der Waals surface area contributed by atoms with Crippen LogP contribution >= 0.6 is 0 Å². The fourth-order valence-corrected chi connectivity index (χ4v) is 10.6. The van der Waals surface area contributed by atoms with Gasteiger partial charge in [0.15, 0.2) is 0 Å². The number of hydrogen-bond donors (Lipinski definition) is 0. The molecule has 310 valence electrons. The average molecular weight is 815 g/mol. The molecule has 0 nitrogen and oxygen atoms in total. The van der Waals surface area contributed by atoms with Crippen LogP contribution in [0.3, 0.4) is 0 Å². The van der Waals surface area contributed by atoms with Gasteiger partial charge in [-0.15, -0.1) is 0 Å². The van der Waals surface area contributed by atoms with Crippen LogP contribution in [0.2, 0.25) is 0 Å². The minimum absolute atomic E-state index is 0.308. The molecule has 11 rings (SSSR count). The second-order valence-electron chi connectivity index (χ2n) is 16.5. The van der Waals surface area contributed by atoms with Crippen molar-refractivity contribution in [1.82, 2.24) is 0 Å². The van der Waals surface area contributed by atoms with E-state index < -0.39 is 0 Å². The zero-order chi connectivity index (χ0) is 43.5. The smallest absolute Gasteiger partial charge is 0.0162 e. The molecule has 0 amide bonds. The Kier molecular flexibility index (Phi) is 12.1. The predicted molar refractivity (Wildman–Crippen MR) is 276 cm³/mol. The van der Waals surface area contributed by atoms with E-state index in [1.54, 1.807) is 0 Å². The first-order valence-electron chi connectivity index (χ1n) is 23.4. The first-order chi connectivity index (χ1) is 31.1. The van der Waals surface area contributed by atoms with Crippen molar-refractivity contribution in [2.75, 3.05) is 0 Å². The molecule has 0 bridgehead atoms. The van der Waals surface area contributed by atoms with Gasteiger partial charge in [0, 0.05) is 5.92 Å². The van der Waals surface area contributed by atoms with Crippen LogP contribution < -0.4 is 10.4 Å². The molecule has 0 aromatic heterocycles. The van der Waals surface area contributed by atoms with Crippen LogP contribution in [0.5, 0.6) is 0 Å². The van der Waals surface area contributed by atoms with Gasteiger partial charge in [-0.3, -0.25) is 0 Å². The molecule has 0 heterocycles. The largest absolute Gasteiger partial charge is 0.0757 e. The molecular weight excluding hydrogens is 757 g/mol. The van der Waals surface area contributed by atoms with Gasteiger partial charge in [0.05, 0.1) is 0 Å². The zero-order valence-corrected chi connectivity index (χ0v) is 37.8. The summed E-state index contributed by atoms with van der Waals surface area (Å²) in [6, 6.07) is 68.4. The van der Waals surface area contributed by atoms with Gasteiger partial charge >= 0.3 is 0 Å². The lowest BCUT2D eigenvalue weighted by atomic mass is 9.67. The number of rotatable bonds is 6. The van der Waals surface area contributed by atoms with E-state index in [1.807, 2.05) is 27.7 Å². The Morgan fingerprint density at radius 2 is 0.921 bits per heavy atom. The lowest BCUT2D eigenvalue weighted by Crippen LogP contribution is -2.31. The van der Waals surface area contributed by atoms with Gasteiger partial charge in [0.25, 0.3) is 0 Å². The highest BCUT2D eigenvalue weighted by Crippen LogP contribution is 2.50. The van der Waals surface area contributed by atoms with Crippen LogP contribution in [-0.2, 0) is 0 Å². The fraction of sp³-hybridized carbons (Fsp3) is 0.175. The second kappa shape index (κ2) is 18.3. The van der Waals surface area contributed by atoms with Gasteiger partial charge < -0.3 is 0 Å². The molecule has 2 aliphatic rings. The van der Waals surface area contributed by atoms with Crippen LogP contribution in [-0.4, -0.2) is 0 Å². The van der Waals surface area contributed by atoms with Gasteiger partial charge in [-0.05, 0) is 153 Å². The van der Waals surface area contributed by atoms with E-state index in [9.17, 15) is 0 Å². The topological polar surface area (TPSA) is 0 Å². The summed E-state index contributed by atoms with van der Waals surface area (Å²) in [5.74, 6) is 0.647. The van der Waals surface area contributed by atoms with E-state index in [1.165, 1.54) is 110 Å². The van der Waals surface area contributed by atoms with Gasteiger partial charge in [-0.2, -0.15) is 0 Å². The van der Waals surface area contributed by atoms with Gasteiger partial charge in [0.1, 0.15) is 0 Å². The van der Waals surface area contributed by atoms with Crippen LogP contribution in [0, 0.1) is 5.92 Å². The molecule has 9 aromatic carbocycles. The van der Waals surface area contributed by atoms with Crippen molar-refractivity contribution in [1.29, 1.82) is 0 Å². The van der Waals surface area contributed by atoms with Crippen LogP contribution in [0.25, 0.3) is 89.0 Å². The molecule has 0 radical (unpaired) electrons. The molecule has 2 unspecified atom stereocenters. The van der Waals surface area contributed by atoms with Crippen LogP contribution in [0.4, 0.5) is 0 Å². The molecule has 2 aliphatic carbocycles. The highest BCUT2D eigenvalue weighted by atomic mass is 14.4. The van der Waals surface area contributed by atoms with E-state index in [0.29, 0.717) is 11.8 Å². The molecule has 2 atom stereocenters. The molecule has 0 saturated heterocycles. The lowest BCUT2D eigenvalue weighted by molar-refractivity contribution is 0.631. The summed E-state index contributed by atoms with van der Waals surface area (Å²) in [6.45, 7) is 12.8. The zero-order valence-electron chi connectivity index (χ0n) is 37.8. The standard InChI is InChI=1S/C59H46.2C2H6/c1-3-49-50-21-11-12-22-51(50)57(42-17-5-4-6-18-42)38(2)56(49)43-29-25-41(26-30-43)46-33-34-54-55(37-46)59(48-32-28-40-16-8-10-20-45(40)36-48)53-24-14-13-23-52(53)58(54)47-31-27-39-15-7-9-19-44(39)35-47;2*1-2/h4-12,15-38,57H,3,13-14H2,1-2H3;2*1-2H3. The maximum Gasteiger partial charge on any atom is 0.0162 e. The molecular formula is C63H58. The van der Waals surface area contributed by atoms with E-state index in [0.717, 1.165) is 19.3 Å². The number of fused-ring (bicyclic) bond motifs is 5. The summed E-state index contributed by atoms with van der Waals surface area (Å²) in [4.78, 5) is 0. The van der Waals surface area contributed by atoms with E-state index in [4.69, 9.17) is 0 Å². The maximum atomic E-state index is 2.50. The van der Waals surface area contributed by atoms with E-state index in [2.05, 4.69) is 208 Å². The molecule has 63 heavy (non-hydrogen) atoms. The summed E-state index contributed by atoms with van der Waals surface area (Å²) in [5, 5.41) is 10.4. The second-order valence-corrected chi connectivity index (χ2v) is 16.5. The lowest BCUT2D eigenvalue weighted by Gasteiger charge is -2.36. The monoisotopic (exact) mass is 814 g/mol. The Labute approximate surface area is 374 Å². The van der Waals surface area contributed by atoms with Crippen molar-refractivity contribution < 1.29 is 0 Å². The Hall–Kier alpha value is -6.76. The highest BCUT2D eigenvalue weighted by Gasteiger charge is 2.33. The third-order valence-corrected chi connectivity index (χ3v) is 13.3. The first-order valence-corrected chi connectivity index (χ1v) is 23.4. The molecule has 0 aliphatic heterocycles. The SMILES string of the molecule is CC.CC.CCC1=C(c2ccc(-c3ccc4c(-c5ccc6ccccc6c5)c5c(c(-c6ccc7ccccc7c6)c4c3)=CCCC=5)cc2)C(C)C(c2ccccc2)c2ccccc21. The highest BCUT2D eigenvalue weighted by molar-refractivity contribution is 6.09. The van der Waals surface area contributed by atoms with Crippen LogP contribution in [0.15, 0.2) is 182 Å². The molecule has 0 saturated carbocycles. The normalized spacial score (nSPS) is 15.3. The number of hydrogen-bond acceptors (Lipinski definition) is 0. The Morgan fingerprint density at radius 1 is 0.429 bits per heavy atom. The number of allylic oxidation sites excluding steroid dienone is 2. The summed E-state index contributed by atoms with van der Waals surface area (Å²) >= 11 is 0. The van der Waals surface area contributed by atoms with Crippen molar-refractivity contribution >= 4 is 55.6 Å². The van der Waals surface area contributed by atoms with Crippen molar-refractivity contribution in [3.05, 3.63) is 215 Å². The van der Waals surface area contributed by atoms with Gasteiger partial charge in [-0.25, -0.2) is 0 Å². The third kappa shape index (κ3) is 7.53.